The van der Waals surface area contributed by atoms with Gasteiger partial charge in [0, 0.05) is 12.5 Å². The molecule has 2 nitrogen and oxygen atoms in total. The highest BCUT2D eigenvalue weighted by molar-refractivity contribution is 6.28. The van der Waals surface area contributed by atoms with Crippen molar-refractivity contribution in [3.05, 3.63) is 22.6 Å². The van der Waals surface area contributed by atoms with Gasteiger partial charge in [0.25, 0.3) is 0 Å². The summed E-state index contributed by atoms with van der Waals surface area (Å²) in [5.41, 5.74) is 6.96. The van der Waals surface area contributed by atoms with E-state index in [4.69, 9.17) is 21.8 Å². The Morgan fingerprint density at radius 3 is 3.27 bits per heavy atom. The molecule has 2 N–H and O–H groups in total. The molecule has 11 heavy (non-hydrogen) atoms. The molecule has 1 aliphatic carbocycles. The number of furan rings is 1. The van der Waals surface area contributed by atoms with E-state index in [-0.39, 0.29) is 6.04 Å². The van der Waals surface area contributed by atoms with Crippen LogP contribution in [0.25, 0.3) is 0 Å². The Balaban J connectivity index is 2.34. The average molecular weight is 172 g/mol. The number of aryl methyl sites for hydroxylation is 1. The summed E-state index contributed by atoms with van der Waals surface area (Å²) in [6, 6.07) is 2.16. The Hall–Kier alpha value is -0.470. The summed E-state index contributed by atoms with van der Waals surface area (Å²) >= 11 is 5.69. The van der Waals surface area contributed by atoms with Gasteiger partial charge in [-0.05, 0) is 36.1 Å². The third-order valence-electron chi connectivity index (χ3n) is 2.09. The highest BCUT2D eigenvalue weighted by Gasteiger charge is 2.19. The Morgan fingerprint density at radius 2 is 2.45 bits per heavy atom. The molecule has 0 spiro atoms. The van der Waals surface area contributed by atoms with E-state index in [1.165, 1.54) is 5.56 Å². The molecule has 0 amide bonds. The predicted molar refractivity (Wildman–Crippen MR) is 43.7 cm³/mol. The number of rotatable bonds is 0. The lowest BCUT2D eigenvalue weighted by Crippen LogP contribution is -2.26. The van der Waals surface area contributed by atoms with Gasteiger partial charge in [-0.3, -0.25) is 0 Å². The maximum Gasteiger partial charge on any atom is 0.193 e. The van der Waals surface area contributed by atoms with Gasteiger partial charge < -0.3 is 10.2 Å². The van der Waals surface area contributed by atoms with Crippen LogP contribution in [-0.4, -0.2) is 6.04 Å². The van der Waals surface area contributed by atoms with Crippen LogP contribution in [0.1, 0.15) is 17.7 Å². The van der Waals surface area contributed by atoms with Gasteiger partial charge in [-0.15, -0.1) is 0 Å². The minimum Gasteiger partial charge on any atom is -0.449 e. The summed E-state index contributed by atoms with van der Waals surface area (Å²) < 4.78 is 5.26. The quantitative estimate of drug-likeness (QED) is 0.646. The predicted octanol–water partition coefficient (Wildman–Crippen LogP) is 1.75. The number of fused-ring (bicyclic) bond motifs is 1. The Labute approximate surface area is 70.3 Å². The first-order chi connectivity index (χ1) is 5.25. The molecule has 60 valence electrons. The molecular formula is C8H10ClNO. The van der Waals surface area contributed by atoms with Crippen molar-refractivity contribution < 1.29 is 4.42 Å². The van der Waals surface area contributed by atoms with Crippen LogP contribution < -0.4 is 5.73 Å². The minimum atomic E-state index is 0.288. The Bertz CT molecular complexity index is 269. The lowest BCUT2D eigenvalue weighted by molar-refractivity contribution is 0.457. The lowest BCUT2D eigenvalue weighted by Gasteiger charge is -2.15. The van der Waals surface area contributed by atoms with Gasteiger partial charge in [0.15, 0.2) is 5.22 Å². The van der Waals surface area contributed by atoms with E-state index in [0.717, 1.165) is 25.0 Å². The summed E-state index contributed by atoms with van der Waals surface area (Å²) in [4.78, 5) is 0. The zero-order chi connectivity index (χ0) is 7.84. The van der Waals surface area contributed by atoms with E-state index in [1.54, 1.807) is 0 Å². The molecule has 0 saturated heterocycles. The van der Waals surface area contributed by atoms with Gasteiger partial charge >= 0.3 is 0 Å². The van der Waals surface area contributed by atoms with Gasteiger partial charge in [0.1, 0.15) is 5.76 Å². The molecular weight excluding hydrogens is 162 g/mol. The minimum absolute atomic E-state index is 0.288. The van der Waals surface area contributed by atoms with Gasteiger partial charge in [-0.1, -0.05) is 0 Å². The molecule has 1 aromatic heterocycles. The summed E-state index contributed by atoms with van der Waals surface area (Å²) in [7, 11) is 0. The standard InChI is InChI=1S/C8H10ClNO/c9-8-4-5-3-6(10)1-2-7(5)11-8/h4,6H,1-3,10H2. The van der Waals surface area contributed by atoms with Crippen molar-refractivity contribution in [3.8, 4) is 0 Å². The molecule has 1 aromatic rings. The smallest absolute Gasteiger partial charge is 0.193 e. The second kappa shape index (κ2) is 2.54. The van der Waals surface area contributed by atoms with Gasteiger partial charge in [-0.2, -0.15) is 0 Å². The molecule has 0 aromatic carbocycles. The van der Waals surface area contributed by atoms with Crippen molar-refractivity contribution in [1.29, 1.82) is 0 Å². The van der Waals surface area contributed by atoms with Gasteiger partial charge in [0.05, 0.1) is 0 Å². The third-order valence-corrected chi connectivity index (χ3v) is 2.28. The molecule has 1 heterocycles. The van der Waals surface area contributed by atoms with Crippen LogP contribution in [0.3, 0.4) is 0 Å². The summed E-state index contributed by atoms with van der Waals surface area (Å²) in [5, 5.41) is 0.490. The molecule has 0 fully saturated rings. The van der Waals surface area contributed by atoms with E-state index in [9.17, 15) is 0 Å². The van der Waals surface area contributed by atoms with Crippen LogP contribution >= 0.6 is 11.6 Å². The molecule has 1 unspecified atom stereocenters. The first kappa shape index (κ1) is 7.19. The molecule has 1 atom stereocenters. The van der Waals surface area contributed by atoms with E-state index in [0.29, 0.717) is 5.22 Å². The topological polar surface area (TPSA) is 39.2 Å². The zero-order valence-electron chi connectivity index (χ0n) is 6.14. The third kappa shape index (κ3) is 1.28. The summed E-state index contributed by atoms with van der Waals surface area (Å²) in [5.74, 6) is 1.02. The summed E-state index contributed by atoms with van der Waals surface area (Å²) in [6.07, 6.45) is 2.85. The zero-order valence-corrected chi connectivity index (χ0v) is 6.90. The monoisotopic (exact) mass is 171 g/mol. The van der Waals surface area contributed by atoms with Crippen LogP contribution in [0, 0.1) is 0 Å². The molecule has 1 aliphatic rings. The van der Waals surface area contributed by atoms with E-state index in [1.807, 2.05) is 6.07 Å². The van der Waals surface area contributed by atoms with E-state index in [2.05, 4.69) is 0 Å². The van der Waals surface area contributed by atoms with Crippen LogP contribution in [0.4, 0.5) is 0 Å². The van der Waals surface area contributed by atoms with Crippen molar-refractivity contribution in [3.63, 3.8) is 0 Å². The van der Waals surface area contributed by atoms with Crippen molar-refractivity contribution in [2.24, 2.45) is 5.73 Å². The molecule has 3 heteroatoms. The maximum atomic E-state index is 5.77. The highest BCUT2D eigenvalue weighted by atomic mass is 35.5. The first-order valence-electron chi connectivity index (χ1n) is 3.78. The van der Waals surface area contributed by atoms with Gasteiger partial charge in [-0.25, -0.2) is 0 Å². The van der Waals surface area contributed by atoms with Crippen molar-refractivity contribution in [1.82, 2.24) is 0 Å². The number of halogens is 1. The second-order valence-corrected chi connectivity index (χ2v) is 3.37. The molecule has 0 saturated carbocycles. The van der Waals surface area contributed by atoms with E-state index >= 15 is 0 Å². The molecule has 0 bridgehead atoms. The van der Waals surface area contributed by atoms with E-state index < -0.39 is 0 Å². The molecule has 0 aliphatic heterocycles. The largest absolute Gasteiger partial charge is 0.449 e. The number of hydrogen-bond donors (Lipinski definition) is 1. The first-order valence-corrected chi connectivity index (χ1v) is 4.16. The van der Waals surface area contributed by atoms with Crippen molar-refractivity contribution >= 4 is 11.6 Å². The Kier molecular flexibility index (Phi) is 1.66. The van der Waals surface area contributed by atoms with Gasteiger partial charge in [0.2, 0.25) is 0 Å². The molecule has 2 rings (SSSR count). The fraction of sp³-hybridized carbons (Fsp3) is 0.500. The summed E-state index contributed by atoms with van der Waals surface area (Å²) in [6.45, 7) is 0. The maximum absolute atomic E-state index is 5.77. The lowest BCUT2D eigenvalue weighted by atomic mass is 9.95. The highest BCUT2D eigenvalue weighted by Crippen LogP contribution is 2.26. The fourth-order valence-electron chi connectivity index (χ4n) is 1.52. The van der Waals surface area contributed by atoms with Crippen LogP contribution in [-0.2, 0) is 12.8 Å². The SMILES string of the molecule is NC1CCc2oc(Cl)cc2C1. The van der Waals surface area contributed by atoms with Crippen LogP contribution in [0.5, 0.6) is 0 Å². The number of nitrogens with two attached hydrogens (primary N) is 1. The number of hydrogen-bond acceptors (Lipinski definition) is 2. The fourth-order valence-corrected chi connectivity index (χ4v) is 1.74. The van der Waals surface area contributed by atoms with Crippen molar-refractivity contribution in [2.75, 3.05) is 0 Å². The molecule has 0 radical (unpaired) electrons. The second-order valence-electron chi connectivity index (χ2n) is 3.00. The average Bonchev–Trinajstić information content (AvgIpc) is 2.27. The van der Waals surface area contributed by atoms with Crippen molar-refractivity contribution in [2.45, 2.75) is 25.3 Å². The normalized spacial score (nSPS) is 23.3. The van der Waals surface area contributed by atoms with Crippen LogP contribution in [0.2, 0.25) is 5.22 Å². The Morgan fingerprint density at radius 1 is 1.64 bits per heavy atom. The van der Waals surface area contributed by atoms with Crippen LogP contribution in [0.15, 0.2) is 10.5 Å².